The Morgan fingerprint density at radius 1 is 0.871 bits per heavy atom. The highest BCUT2D eigenvalue weighted by Crippen LogP contribution is 2.30. The van der Waals surface area contributed by atoms with Crippen molar-refractivity contribution in [1.82, 2.24) is 5.43 Å². The van der Waals surface area contributed by atoms with Crippen LogP contribution in [0.15, 0.2) is 84.0 Å². The van der Waals surface area contributed by atoms with E-state index >= 15 is 0 Å². The molecule has 3 aromatic carbocycles. The van der Waals surface area contributed by atoms with Crippen LogP contribution in [0.5, 0.6) is 5.75 Å². The van der Waals surface area contributed by atoms with Crippen molar-refractivity contribution in [2.75, 3.05) is 10.2 Å². The van der Waals surface area contributed by atoms with E-state index in [4.69, 9.17) is 0 Å². The summed E-state index contributed by atoms with van der Waals surface area (Å²) in [5, 5.41) is 15.6. The Hall–Kier alpha value is -4.46. The van der Waals surface area contributed by atoms with Gasteiger partial charge in [-0.05, 0) is 35.9 Å². The maximum absolute atomic E-state index is 13.0. The van der Waals surface area contributed by atoms with Gasteiger partial charge in [-0.15, -0.1) is 0 Å². The minimum atomic E-state index is -1.02. The lowest BCUT2D eigenvalue weighted by atomic mass is 10.1. The zero-order chi connectivity index (χ0) is 21.8. The molecule has 3 N–H and O–H groups in total. The predicted molar refractivity (Wildman–Crippen MR) is 115 cm³/mol. The maximum Gasteiger partial charge on any atom is 0.329 e. The minimum Gasteiger partial charge on any atom is -0.508 e. The van der Waals surface area contributed by atoms with E-state index in [0.717, 1.165) is 5.56 Å². The molecule has 1 heterocycles. The van der Waals surface area contributed by atoms with Crippen LogP contribution in [0.1, 0.15) is 11.1 Å². The van der Waals surface area contributed by atoms with Crippen molar-refractivity contribution in [1.29, 1.82) is 0 Å². The number of anilines is 2. The Kier molecular flexibility index (Phi) is 5.44. The number of hydrogen-bond donors (Lipinski definition) is 3. The number of fused-ring (bicyclic) bond motifs is 1. The molecule has 0 unspecified atom stereocenters. The first-order valence-electron chi connectivity index (χ1n) is 9.46. The summed E-state index contributed by atoms with van der Waals surface area (Å²) in [7, 11) is 0. The highest BCUT2D eigenvalue weighted by Gasteiger charge is 2.34. The van der Waals surface area contributed by atoms with Crippen LogP contribution in [0.25, 0.3) is 0 Å². The van der Waals surface area contributed by atoms with Crippen LogP contribution >= 0.6 is 0 Å². The third-order valence-electron chi connectivity index (χ3n) is 4.68. The fourth-order valence-electron chi connectivity index (χ4n) is 3.18. The molecule has 1 aliphatic rings. The second kappa shape index (κ2) is 8.50. The summed E-state index contributed by atoms with van der Waals surface area (Å²) in [6, 6.07) is 22.3. The molecule has 0 saturated carbocycles. The number of hydrazone groups is 1. The van der Waals surface area contributed by atoms with Crippen LogP contribution in [-0.2, 0) is 20.9 Å². The molecular weight excluding hydrogens is 396 g/mol. The zero-order valence-corrected chi connectivity index (χ0v) is 16.3. The van der Waals surface area contributed by atoms with Gasteiger partial charge in [0, 0.05) is 11.3 Å². The number of phenolic OH excluding ortho intramolecular Hbond substituents is 1. The van der Waals surface area contributed by atoms with Gasteiger partial charge in [-0.25, -0.2) is 5.43 Å². The Bertz CT molecular complexity index is 1170. The molecule has 1 aliphatic heterocycles. The molecule has 0 saturated heterocycles. The van der Waals surface area contributed by atoms with Crippen LogP contribution in [0.2, 0.25) is 0 Å². The van der Waals surface area contributed by atoms with Gasteiger partial charge in [0.05, 0.1) is 12.2 Å². The highest BCUT2D eigenvalue weighted by molar-refractivity contribution is 6.54. The number of para-hydroxylation sites is 1. The first-order chi connectivity index (χ1) is 15.0. The van der Waals surface area contributed by atoms with Crippen LogP contribution in [-0.4, -0.2) is 28.5 Å². The third-order valence-corrected chi connectivity index (χ3v) is 4.68. The average Bonchev–Trinajstić information content (AvgIpc) is 3.05. The Morgan fingerprint density at radius 3 is 2.29 bits per heavy atom. The number of carbonyl (C=O) groups excluding carboxylic acids is 3. The molecule has 31 heavy (non-hydrogen) atoms. The Labute approximate surface area is 177 Å². The van der Waals surface area contributed by atoms with Gasteiger partial charge in [-0.1, -0.05) is 48.5 Å². The van der Waals surface area contributed by atoms with Gasteiger partial charge in [0.25, 0.3) is 5.91 Å². The number of rotatable bonds is 4. The second-order valence-electron chi connectivity index (χ2n) is 6.80. The Morgan fingerprint density at radius 2 is 1.55 bits per heavy atom. The SMILES string of the molecule is O=C(N/N=C1\C(=O)N(Cc2ccccc2)c2ccccc21)C(=O)Nc1ccc(O)cc1. The standard InChI is InChI=1S/C23H18N4O4/c28-17-12-10-16(11-13-17)24-21(29)22(30)26-25-20-18-8-4-5-9-19(18)27(23(20)31)14-15-6-2-1-3-7-15/h1-13,28H,14H2,(H,24,29)(H,26,30)/b25-20-. The van der Waals surface area contributed by atoms with E-state index in [-0.39, 0.29) is 17.4 Å². The highest BCUT2D eigenvalue weighted by atomic mass is 16.3. The summed E-state index contributed by atoms with van der Waals surface area (Å²) in [6.45, 7) is 0.352. The molecule has 0 aliphatic carbocycles. The number of benzene rings is 3. The van der Waals surface area contributed by atoms with E-state index in [1.54, 1.807) is 23.1 Å². The lowest BCUT2D eigenvalue weighted by Gasteiger charge is -2.16. The molecule has 8 nitrogen and oxygen atoms in total. The quantitative estimate of drug-likeness (QED) is 0.346. The van der Waals surface area contributed by atoms with E-state index in [1.807, 2.05) is 36.4 Å². The topological polar surface area (TPSA) is 111 Å². The lowest BCUT2D eigenvalue weighted by molar-refractivity contribution is -0.136. The molecular formula is C23H18N4O4. The van der Waals surface area contributed by atoms with Gasteiger partial charge in [0.1, 0.15) is 5.75 Å². The number of hydrogen-bond acceptors (Lipinski definition) is 5. The molecule has 0 bridgehead atoms. The number of aromatic hydroxyl groups is 1. The summed E-state index contributed by atoms with van der Waals surface area (Å²) in [5.74, 6) is -2.31. The molecule has 154 valence electrons. The van der Waals surface area contributed by atoms with Crippen molar-refractivity contribution in [3.63, 3.8) is 0 Å². The van der Waals surface area contributed by atoms with Gasteiger partial charge in [-0.2, -0.15) is 5.10 Å². The molecule has 0 aromatic heterocycles. The first kappa shape index (κ1) is 19.8. The number of carbonyl (C=O) groups is 3. The lowest BCUT2D eigenvalue weighted by Crippen LogP contribution is -2.35. The maximum atomic E-state index is 13.0. The van der Waals surface area contributed by atoms with E-state index in [1.165, 1.54) is 24.3 Å². The molecule has 3 amide bonds. The van der Waals surface area contributed by atoms with E-state index in [0.29, 0.717) is 23.5 Å². The number of nitrogens with one attached hydrogen (secondary N) is 2. The number of nitrogens with zero attached hydrogens (tertiary/aromatic N) is 2. The van der Waals surface area contributed by atoms with Crippen LogP contribution in [0.3, 0.4) is 0 Å². The second-order valence-corrected chi connectivity index (χ2v) is 6.80. The van der Waals surface area contributed by atoms with Crippen molar-refractivity contribution < 1.29 is 19.5 Å². The van der Waals surface area contributed by atoms with Crippen molar-refractivity contribution in [2.24, 2.45) is 5.10 Å². The van der Waals surface area contributed by atoms with Gasteiger partial charge < -0.3 is 15.3 Å². The molecule has 4 rings (SSSR count). The smallest absolute Gasteiger partial charge is 0.329 e. The van der Waals surface area contributed by atoms with E-state index in [9.17, 15) is 19.5 Å². The largest absolute Gasteiger partial charge is 0.508 e. The minimum absolute atomic E-state index is 0.0346. The summed E-state index contributed by atoms with van der Waals surface area (Å²) < 4.78 is 0. The molecule has 8 heteroatoms. The van der Waals surface area contributed by atoms with Crippen LogP contribution < -0.4 is 15.6 Å². The predicted octanol–water partition coefficient (Wildman–Crippen LogP) is 2.40. The van der Waals surface area contributed by atoms with Crippen LogP contribution in [0, 0.1) is 0 Å². The fourth-order valence-corrected chi connectivity index (χ4v) is 3.18. The Balaban J connectivity index is 1.50. The number of phenols is 1. The molecule has 0 fully saturated rings. The van der Waals surface area contributed by atoms with Gasteiger partial charge in [0.15, 0.2) is 5.71 Å². The fraction of sp³-hybridized carbons (Fsp3) is 0.0435. The third kappa shape index (κ3) is 4.27. The first-order valence-corrected chi connectivity index (χ1v) is 9.46. The van der Waals surface area contributed by atoms with Crippen molar-refractivity contribution >= 4 is 34.8 Å². The van der Waals surface area contributed by atoms with E-state index in [2.05, 4.69) is 15.8 Å². The van der Waals surface area contributed by atoms with Gasteiger partial charge in [0.2, 0.25) is 0 Å². The van der Waals surface area contributed by atoms with Crippen LogP contribution in [0.4, 0.5) is 11.4 Å². The number of amides is 3. The van der Waals surface area contributed by atoms with Crippen molar-refractivity contribution in [3.05, 3.63) is 90.0 Å². The van der Waals surface area contributed by atoms with Crippen molar-refractivity contribution in [3.8, 4) is 5.75 Å². The molecule has 3 aromatic rings. The molecule has 0 spiro atoms. The van der Waals surface area contributed by atoms with Gasteiger partial charge >= 0.3 is 11.8 Å². The summed E-state index contributed by atoms with van der Waals surface area (Å²) in [6.07, 6.45) is 0. The summed E-state index contributed by atoms with van der Waals surface area (Å²) >= 11 is 0. The molecule has 0 atom stereocenters. The molecule has 0 radical (unpaired) electrons. The summed E-state index contributed by atoms with van der Waals surface area (Å²) in [4.78, 5) is 38.8. The van der Waals surface area contributed by atoms with E-state index < -0.39 is 11.8 Å². The summed E-state index contributed by atoms with van der Waals surface area (Å²) in [5.41, 5.74) is 4.74. The average molecular weight is 414 g/mol. The zero-order valence-electron chi connectivity index (χ0n) is 16.3. The monoisotopic (exact) mass is 414 g/mol. The van der Waals surface area contributed by atoms with Gasteiger partial charge in [-0.3, -0.25) is 14.4 Å². The normalized spacial score (nSPS) is 13.7. The van der Waals surface area contributed by atoms with Crippen molar-refractivity contribution in [2.45, 2.75) is 6.54 Å².